The molecule has 0 heterocycles. The number of nitrogens with zero attached hydrogens (tertiary/aromatic N) is 1. The van der Waals surface area contributed by atoms with Crippen LogP contribution in [0.15, 0.2) is 24.3 Å². The molecule has 1 aliphatic rings. The van der Waals surface area contributed by atoms with E-state index in [9.17, 15) is 4.79 Å². The van der Waals surface area contributed by atoms with E-state index in [4.69, 9.17) is 15.2 Å². The Kier molecular flexibility index (Phi) is 11.7. The van der Waals surface area contributed by atoms with Gasteiger partial charge in [0.2, 0.25) is 5.91 Å². The molecule has 0 spiro atoms. The molecular weight excluding hydrogens is 425 g/mol. The molecule has 1 fully saturated rings. The van der Waals surface area contributed by atoms with Crippen molar-refractivity contribution in [1.82, 2.24) is 10.2 Å². The Bertz CT molecular complexity index is 671. The molecular formula is C22H39Cl2N3O3. The van der Waals surface area contributed by atoms with E-state index in [2.05, 4.69) is 30.1 Å². The number of likely N-dealkylation sites (N-methyl/N-ethyl adjacent to an activating group) is 1. The SMILES string of the molecule is CCOC1CC(N)(C(=O)NCC(c2cccc(OC)c2)N(CC)CC)C1(C)C.Cl.Cl. The number of ether oxygens (including phenoxy) is 2. The number of benzene rings is 1. The first-order chi connectivity index (χ1) is 13.2. The smallest absolute Gasteiger partial charge is 0.240 e. The lowest BCUT2D eigenvalue weighted by Gasteiger charge is -2.57. The molecule has 6 nitrogen and oxygen atoms in total. The molecule has 8 heteroatoms. The maximum atomic E-state index is 13.0. The minimum atomic E-state index is -0.908. The maximum absolute atomic E-state index is 13.0. The number of hydrogen-bond donors (Lipinski definition) is 2. The van der Waals surface area contributed by atoms with Gasteiger partial charge in [-0.3, -0.25) is 9.69 Å². The third kappa shape index (κ3) is 5.60. The van der Waals surface area contributed by atoms with Crippen molar-refractivity contribution in [2.45, 2.75) is 58.7 Å². The van der Waals surface area contributed by atoms with Gasteiger partial charge in [-0.05, 0) is 37.7 Å². The summed E-state index contributed by atoms with van der Waals surface area (Å²) >= 11 is 0. The normalized spacial score (nSPS) is 22.9. The van der Waals surface area contributed by atoms with E-state index in [1.807, 2.05) is 39.0 Å². The first-order valence-electron chi connectivity index (χ1n) is 10.3. The highest BCUT2D eigenvalue weighted by Gasteiger charge is 2.62. The number of methoxy groups -OCH3 is 1. The molecule has 0 bridgehead atoms. The average Bonchev–Trinajstić information content (AvgIpc) is 2.70. The maximum Gasteiger partial charge on any atom is 0.240 e. The summed E-state index contributed by atoms with van der Waals surface area (Å²) in [5, 5.41) is 3.13. The molecule has 1 aromatic carbocycles. The summed E-state index contributed by atoms with van der Waals surface area (Å²) in [5.74, 6) is 0.712. The Balaban J connectivity index is 0.00000420. The molecule has 1 aliphatic carbocycles. The number of carbonyl (C=O) groups is 1. The first kappa shape index (κ1) is 28.9. The molecule has 1 saturated carbocycles. The molecule has 1 amide bonds. The van der Waals surface area contributed by atoms with Crippen LogP contribution >= 0.6 is 24.8 Å². The highest BCUT2D eigenvalue weighted by atomic mass is 35.5. The highest BCUT2D eigenvalue weighted by molar-refractivity contribution is 5.88. The van der Waals surface area contributed by atoms with Crippen molar-refractivity contribution in [2.75, 3.05) is 33.4 Å². The average molecular weight is 464 g/mol. The van der Waals surface area contributed by atoms with E-state index < -0.39 is 11.0 Å². The Morgan fingerprint density at radius 2 is 1.90 bits per heavy atom. The zero-order valence-electron chi connectivity index (χ0n) is 19.1. The Labute approximate surface area is 194 Å². The molecule has 3 atom stereocenters. The number of hydrogen-bond acceptors (Lipinski definition) is 5. The van der Waals surface area contributed by atoms with Gasteiger partial charge in [-0.25, -0.2) is 0 Å². The first-order valence-corrected chi connectivity index (χ1v) is 10.3. The van der Waals surface area contributed by atoms with Crippen LogP contribution < -0.4 is 15.8 Å². The van der Waals surface area contributed by atoms with Crippen LogP contribution in [0.3, 0.4) is 0 Å². The largest absolute Gasteiger partial charge is 0.497 e. The monoisotopic (exact) mass is 463 g/mol. The van der Waals surface area contributed by atoms with Crippen molar-refractivity contribution >= 4 is 30.7 Å². The van der Waals surface area contributed by atoms with E-state index in [0.717, 1.165) is 24.4 Å². The van der Waals surface area contributed by atoms with Gasteiger partial charge in [-0.15, -0.1) is 24.8 Å². The lowest BCUT2D eigenvalue weighted by atomic mass is 9.54. The van der Waals surface area contributed by atoms with Gasteiger partial charge in [0.25, 0.3) is 0 Å². The molecule has 2 rings (SSSR count). The molecule has 3 N–H and O–H groups in total. The number of rotatable bonds is 10. The minimum absolute atomic E-state index is 0. The second kappa shape index (κ2) is 12.1. The van der Waals surface area contributed by atoms with Crippen molar-refractivity contribution in [3.05, 3.63) is 29.8 Å². The van der Waals surface area contributed by atoms with Crippen LogP contribution in [0.25, 0.3) is 0 Å². The summed E-state index contributed by atoms with van der Waals surface area (Å²) in [5.41, 5.74) is 6.35. The topological polar surface area (TPSA) is 76.8 Å². The van der Waals surface area contributed by atoms with Gasteiger partial charge >= 0.3 is 0 Å². The van der Waals surface area contributed by atoms with E-state index in [-0.39, 0.29) is 42.9 Å². The van der Waals surface area contributed by atoms with E-state index in [1.165, 1.54) is 0 Å². The second-order valence-corrected chi connectivity index (χ2v) is 8.06. The fourth-order valence-electron chi connectivity index (χ4n) is 4.14. The van der Waals surface area contributed by atoms with Crippen molar-refractivity contribution in [3.8, 4) is 5.75 Å². The fraction of sp³-hybridized carbons (Fsp3) is 0.682. The van der Waals surface area contributed by atoms with Crippen LogP contribution in [-0.4, -0.2) is 55.8 Å². The third-order valence-electron chi connectivity index (χ3n) is 6.42. The van der Waals surface area contributed by atoms with Crippen LogP contribution in [0.4, 0.5) is 0 Å². The van der Waals surface area contributed by atoms with Gasteiger partial charge in [0.15, 0.2) is 0 Å². The molecule has 0 saturated heterocycles. The van der Waals surface area contributed by atoms with Crippen molar-refractivity contribution < 1.29 is 14.3 Å². The van der Waals surface area contributed by atoms with Gasteiger partial charge in [0, 0.05) is 25.0 Å². The van der Waals surface area contributed by atoms with Gasteiger partial charge in [-0.1, -0.05) is 39.8 Å². The van der Waals surface area contributed by atoms with E-state index >= 15 is 0 Å². The molecule has 0 aliphatic heterocycles. The predicted octanol–water partition coefficient (Wildman–Crippen LogP) is 3.57. The fourth-order valence-corrected chi connectivity index (χ4v) is 4.14. The van der Waals surface area contributed by atoms with Crippen molar-refractivity contribution in [3.63, 3.8) is 0 Å². The molecule has 3 unspecified atom stereocenters. The molecule has 174 valence electrons. The van der Waals surface area contributed by atoms with E-state index in [0.29, 0.717) is 19.6 Å². The summed E-state index contributed by atoms with van der Waals surface area (Å²) in [6.45, 7) is 13.2. The molecule has 0 radical (unpaired) electrons. The number of halogens is 2. The zero-order chi connectivity index (χ0) is 20.9. The Morgan fingerprint density at radius 3 is 2.40 bits per heavy atom. The quantitative estimate of drug-likeness (QED) is 0.554. The lowest BCUT2D eigenvalue weighted by molar-refractivity contribution is -0.170. The third-order valence-corrected chi connectivity index (χ3v) is 6.42. The molecule has 30 heavy (non-hydrogen) atoms. The van der Waals surface area contributed by atoms with Crippen LogP contribution in [-0.2, 0) is 9.53 Å². The van der Waals surface area contributed by atoms with Gasteiger partial charge < -0.3 is 20.5 Å². The van der Waals surface area contributed by atoms with E-state index in [1.54, 1.807) is 7.11 Å². The van der Waals surface area contributed by atoms with Gasteiger partial charge in [-0.2, -0.15) is 0 Å². The summed E-state index contributed by atoms with van der Waals surface area (Å²) in [6, 6.07) is 8.09. The standard InChI is InChI=1S/C22H37N3O3.2ClH/c1-7-25(8-2)18(16-11-10-12-17(13-16)27-6)15-24-20(26)22(23)14-19(28-9-3)21(22,4)5;;/h10-13,18-19H,7-9,14-15,23H2,1-6H3,(H,24,26);2*1H. The summed E-state index contributed by atoms with van der Waals surface area (Å²) in [7, 11) is 1.67. The van der Waals surface area contributed by atoms with Crippen LogP contribution in [0, 0.1) is 5.41 Å². The Morgan fingerprint density at radius 1 is 1.27 bits per heavy atom. The number of amides is 1. The number of nitrogens with two attached hydrogens (primary N) is 1. The molecule has 0 aromatic heterocycles. The van der Waals surface area contributed by atoms with Gasteiger partial charge in [0.05, 0.1) is 19.3 Å². The van der Waals surface area contributed by atoms with Crippen molar-refractivity contribution in [2.24, 2.45) is 11.1 Å². The van der Waals surface area contributed by atoms with Crippen LogP contribution in [0.2, 0.25) is 0 Å². The van der Waals surface area contributed by atoms with Crippen LogP contribution in [0.1, 0.15) is 52.6 Å². The minimum Gasteiger partial charge on any atom is -0.497 e. The predicted molar refractivity (Wildman–Crippen MR) is 127 cm³/mol. The zero-order valence-corrected chi connectivity index (χ0v) is 20.7. The summed E-state index contributed by atoms with van der Waals surface area (Å²) in [4.78, 5) is 15.4. The van der Waals surface area contributed by atoms with Crippen LogP contribution in [0.5, 0.6) is 5.75 Å². The molecule has 1 aromatic rings. The highest BCUT2D eigenvalue weighted by Crippen LogP contribution is 2.49. The second-order valence-electron chi connectivity index (χ2n) is 8.06. The van der Waals surface area contributed by atoms with Gasteiger partial charge in [0.1, 0.15) is 11.3 Å². The Hall–Kier alpha value is -1.05. The summed E-state index contributed by atoms with van der Waals surface area (Å²) in [6.07, 6.45) is 0.569. The summed E-state index contributed by atoms with van der Waals surface area (Å²) < 4.78 is 11.1. The number of nitrogens with one attached hydrogen (secondary N) is 1. The lowest BCUT2D eigenvalue weighted by Crippen LogP contribution is -2.76. The van der Waals surface area contributed by atoms with Crippen molar-refractivity contribution in [1.29, 1.82) is 0 Å². The number of carbonyl (C=O) groups excluding carboxylic acids is 1.